The zero-order chi connectivity index (χ0) is 15.5. The van der Waals surface area contributed by atoms with E-state index in [1.165, 1.54) is 0 Å². The molecule has 0 radical (unpaired) electrons. The molecule has 0 bridgehead atoms. The van der Waals surface area contributed by atoms with E-state index in [9.17, 15) is 4.79 Å². The first-order chi connectivity index (χ1) is 9.80. The van der Waals surface area contributed by atoms with Crippen molar-refractivity contribution in [1.82, 2.24) is 10.6 Å². The smallest absolute Gasteiger partial charge is 0.408 e. The number of hydrogen-bond donors (Lipinski definition) is 3. The minimum atomic E-state index is -0.464. The highest BCUT2D eigenvalue weighted by atomic mass is 32.1. The third kappa shape index (κ3) is 4.61. The van der Waals surface area contributed by atoms with Crippen LogP contribution in [0.1, 0.15) is 44.9 Å². The fourth-order valence-corrected chi connectivity index (χ4v) is 3.15. The molecule has 0 spiro atoms. The molecule has 0 unspecified atom stereocenters. The van der Waals surface area contributed by atoms with Crippen molar-refractivity contribution in [2.45, 2.75) is 57.7 Å². The second-order valence-electron chi connectivity index (χ2n) is 6.66. The number of nitrogens with one attached hydrogen (secondary N) is 2. The number of rotatable bonds is 5. The molecule has 0 aliphatic heterocycles. The highest BCUT2D eigenvalue weighted by Crippen LogP contribution is 2.32. The summed E-state index contributed by atoms with van der Waals surface area (Å²) in [6.45, 7) is 7.10. The molecule has 0 saturated heterocycles. The molecule has 1 aromatic heterocycles. The van der Waals surface area contributed by atoms with Crippen molar-refractivity contribution in [3.63, 3.8) is 0 Å². The fourth-order valence-electron chi connectivity index (χ4n) is 2.38. The lowest BCUT2D eigenvalue weighted by molar-refractivity contribution is 0.0382. The highest BCUT2D eigenvalue weighted by Gasteiger charge is 2.39. The van der Waals surface area contributed by atoms with Crippen LogP contribution in [0.5, 0.6) is 0 Å². The summed E-state index contributed by atoms with van der Waals surface area (Å²) in [5.74, 6) is 0. The van der Waals surface area contributed by atoms with Crippen molar-refractivity contribution in [3.05, 3.63) is 16.3 Å². The Labute approximate surface area is 130 Å². The Balaban J connectivity index is 1.81. The molecule has 1 aliphatic rings. The van der Waals surface area contributed by atoms with Gasteiger partial charge in [0.25, 0.3) is 0 Å². The maximum atomic E-state index is 11.9. The standard InChI is InChI=1S/C15H25N3O2S/c1-14(2,3)20-13(19)18-15(6-4-7-15)10-17-9-12-11(16)5-8-21-12/h5,8,17H,4,6-7,9-10,16H2,1-3H3,(H,18,19). The number of hydrogen-bond acceptors (Lipinski definition) is 5. The van der Waals surface area contributed by atoms with Crippen LogP contribution < -0.4 is 16.4 Å². The minimum Gasteiger partial charge on any atom is -0.444 e. The van der Waals surface area contributed by atoms with E-state index in [0.717, 1.165) is 42.9 Å². The molecule has 0 atom stereocenters. The zero-order valence-electron chi connectivity index (χ0n) is 13.0. The third-order valence-corrected chi connectivity index (χ3v) is 4.54. The van der Waals surface area contributed by atoms with Crippen LogP contribution in [0, 0.1) is 0 Å². The van der Waals surface area contributed by atoms with Gasteiger partial charge in [-0.1, -0.05) is 0 Å². The molecule has 1 aliphatic carbocycles. The van der Waals surface area contributed by atoms with E-state index in [1.807, 2.05) is 32.2 Å². The molecule has 4 N–H and O–H groups in total. The molecule has 2 rings (SSSR count). The Morgan fingerprint density at radius 2 is 2.19 bits per heavy atom. The van der Waals surface area contributed by atoms with E-state index in [0.29, 0.717) is 0 Å². The number of alkyl carbamates (subject to hydrolysis) is 1. The summed E-state index contributed by atoms with van der Waals surface area (Å²) in [6.07, 6.45) is 2.77. The van der Waals surface area contributed by atoms with Gasteiger partial charge in [0.1, 0.15) is 5.60 Å². The Bertz CT molecular complexity index is 489. The fraction of sp³-hybridized carbons (Fsp3) is 0.667. The normalized spacial score (nSPS) is 17.1. The maximum Gasteiger partial charge on any atom is 0.408 e. The third-order valence-electron chi connectivity index (χ3n) is 3.61. The van der Waals surface area contributed by atoms with Gasteiger partial charge in [0.15, 0.2) is 0 Å². The first kappa shape index (κ1) is 16.1. The predicted molar refractivity (Wildman–Crippen MR) is 86.4 cm³/mol. The summed E-state index contributed by atoms with van der Waals surface area (Å²) in [6, 6.07) is 1.92. The van der Waals surface area contributed by atoms with Crippen molar-refractivity contribution in [3.8, 4) is 0 Å². The van der Waals surface area contributed by atoms with Crippen LogP contribution in [-0.4, -0.2) is 23.8 Å². The van der Waals surface area contributed by atoms with Crippen molar-refractivity contribution in [1.29, 1.82) is 0 Å². The van der Waals surface area contributed by atoms with Crippen LogP contribution in [0.2, 0.25) is 0 Å². The van der Waals surface area contributed by atoms with Crippen LogP contribution in [-0.2, 0) is 11.3 Å². The molecule has 1 heterocycles. The SMILES string of the molecule is CC(C)(C)OC(=O)NC1(CNCc2sccc2N)CCC1. The van der Waals surface area contributed by atoms with Gasteiger partial charge in [-0.15, -0.1) is 11.3 Å². The van der Waals surface area contributed by atoms with Crippen molar-refractivity contribution < 1.29 is 9.53 Å². The molecule has 5 nitrogen and oxygen atoms in total. The average molecular weight is 311 g/mol. The van der Waals surface area contributed by atoms with Gasteiger partial charge in [0.2, 0.25) is 0 Å². The van der Waals surface area contributed by atoms with Gasteiger partial charge in [-0.2, -0.15) is 0 Å². The van der Waals surface area contributed by atoms with E-state index < -0.39 is 5.60 Å². The van der Waals surface area contributed by atoms with Gasteiger partial charge < -0.3 is 21.1 Å². The second kappa shape index (κ2) is 6.23. The first-order valence-electron chi connectivity index (χ1n) is 7.33. The molecule has 6 heteroatoms. The zero-order valence-corrected chi connectivity index (χ0v) is 13.8. The van der Waals surface area contributed by atoms with E-state index in [1.54, 1.807) is 11.3 Å². The van der Waals surface area contributed by atoms with Gasteiger partial charge in [0.05, 0.1) is 5.54 Å². The molecule has 1 fully saturated rings. The van der Waals surface area contributed by atoms with Gasteiger partial charge in [0, 0.05) is 23.7 Å². The van der Waals surface area contributed by atoms with Crippen LogP contribution in [0.25, 0.3) is 0 Å². The van der Waals surface area contributed by atoms with Gasteiger partial charge in [-0.25, -0.2) is 4.79 Å². The summed E-state index contributed by atoms with van der Waals surface area (Å²) in [7, 11) is 0. The number of carbonyl (C=O) groups is 1. The highest BCUT2D eigenvalue weighted by molar-refractivity contribution is 7.10. The average Bonchev–Trinajstić information content (AvgIpc) is 2.69. The lowest BCUT2D eigenvalue weighted by Crippen LogP contribution is -2.59. The van der Waals surface area contributed by atoms with Gasteiger partial charge in [-0.05, 0) is 51.5 Å². The molecule has 1 amide bonds. The Kier molecular flexibility index (Phi) is 4.78. The van der Waals surface area contributed by atoms with Gasteiger partial charge in [-0.3, -0.25) is 0 Å². The minimum absolute atomic E-state index is 0.172. The summed E-state index contributed by atoms with van der Waals surface area (Å²) >= 11 is 1.65. The first-order valence-corrected chi connectivity index (χ1v) is 8.21. The maximum absolute atomic E-state index is 11.9. The summed E-state index contributed by atoms with van der Waals surface area (Å²) in [4.78, 5) is 13.1. The van der Waals surface area contributed by atoms with Crippen molar-refractivity contribution >= 4 is 23.1 Å². The number of amides is 1. The van der Waals surface area contributed by atoms with E-state index in [-0.39, 0.29) is 11.6 Å². The number of anilines is 1. The van der Waals surface area contributed by atoms with Crippen LogP contribution in [0.15, 0.2) is 11.4 Å². The summed E-state index contributed by atoms with van der Waals surface area (Å²) < 4.78 is 5.34. The lowest BCUT2D eigenvalue weighted by atomic mass is 9.76. The van der Waals surface area contributed by atoms with E-state index >= 15 is 0 Å². The summed E-state index contributed by atoms with van der Waals surface area (Å²) in [5.41, 5.74) is 6.06. The molecular formula is C15H25N3O2S. The Morgan fingerprint density at radius 3 is 2.67 bits per heavy atom. The number of ether oxygens (including phenoxy) is 1. The van der Waals surface area contributed by atoms with E-state index in [4.69, 9.17) is 10.5 Å². The second-order valence-corrected chi connectivity index (χ2v) is 7.66. The molecule has 21 heavy (non-hydrogen) atoms. The molecule has 118 valence electrons. The Morgan fingerprint density at radius 1 is 1.48 bits per heavy atom. The number of carbonyl (C=O) groups excluding carboxylic acids is 1. The number of thiophene rings is 1. The van der Waals surface area contributed by atoms with Gasteiger partial charge >= 0.3 is 6.09 Å². The molecule has 1 saturated carbocycles. The monoisotopic (exact) mass is 311 g/mol. The van der Waals surface area contributed by atoms with Crippen LogP contribution in [0.3, 0.4) is 0 Å². The molecular weight excluding hydrogens is 286 g/mol. The number of nitrogens with two attached hydrogens (primary N) is 1. The lowest BCUT2D eigenvalue weighted by Gasteiger charge is -2.42. The topological polar surface area (TPSA) is 76.4 Å². The quantitative estimate of drug-likeness (QED) is 0.781. The van der Waals surface area contributed by atoms with E-state index in [2.05, 4.69) is 10.6 Å². The molecule has 0 aromatic carbocycles. The number of nitrogen functional groups attached to an aromatic ring is 1. The van der Waals surface area contributed by atoms with Crippen LogP contribution >= 0.6 is 11.3 Å². The predicted octanol–water partition coefficient (Wildman–Crippen LogP) is 2.87. The largest absolute Gasteiger partial charge is 0.444 e. The molecule has 1 aromatic rings. The van der Waals surface area contributed by atoms with Crippen molar-refractivity contribution in [2.24, 2.45) is 0 Å². The van der Waals surface area contributed by atoms with Crippen molar-refractivity contribution in [2.75, 3.05) is 12.3 Å². The Hall–Kier alpha value is -1.27. The summed E-state index contributed by atoms with van der Waals surface area (Å²) in [5, 5.41) is 8.42. The van der Waals surface area contributed by atoms with Crippen LogP contribution in [0.4, 0.5) is 10.5 Å².